The molecule has 0 aliphatic heterocycles. The molecule has 0 bridgehead atoms. The van der Waals surface area contributed by atoms with Crippen LogP contribution in [0.25, 0.3) is 0 Å². The van der Waals surface area contributed by atoms with Gasteiger partial charge in [0.05, 0.1) is 18.6 Å². The first-order valence-corrected chi connectivity index (χ1v) is 10.8. The Morgan fingerprint density at radius 3 is 2.45 bits per heavy atom. The van der Waals surface area contributed by atoms with Gasteiger partial charge in [-0.15, -0.1) is 0 Å². The molecule has 0 saturated carbocycles. The summed E-state index contributed by atoms with van der Waals surface area (Å²) in [6.07, 6.45) is 3.17. The number of aldehydes is 1. The smallest absolute Gasteiger partial charge is 0.309 e. The van der Waals surface area contributed by atoms with Crippen LogP contribution >= 0.6 is 11.6 Å². The van der Waals surface area contributed by atoms with Gasteiger partial charge in [0.15, 0.2) is 0 Å². The van der Waals surface area contributed by atoms with Gasteiger partial charge in [-0.05, 0) is 42.2 Å². The molecule has 0 aromatic heterocycles. The van der Waals surface area contributed by atoms with Gasteiger partial charge in [0.1, 0.15) is 23.5 Å². The van der Waals surface area contributed by atoms with Crippen LogP contribution in [0.4, 0.5) is 0 Å². The Morgan fingerprint density at radius 1 is 1.13 bits per heavy atom. The molecule has 1 N–H and O–H groups in total. The molecule has 31 heavy (non-hydrogen) atoms. The highest BCUT2D eigenvalue weighted by Gasteiger charge is 2.18. The van der Waals surface area contributed by atoms with E-state index in [1.165, 1.54) is 7.11 Å². The predicted molar refractivity (Wildman–Crippen MR) is 119 cm³/mol. The average molecular weight is 449 g/mol. The molecule has 0 heterocycles. The van der Waals surface area contributed by atoms with E-state index in [1.807, 2.05) is 13.8 Å². The minimum Gasteiger partial charge on any atom is -0.507 e. The number of carbonyl (C=O) groups excluding carboxylic acids is 2. The van der Waals surface area contributed by atoms with E-state index in [-0.39, 0.29) is 18.1 Å². The van der Waals surface area contributed by atoms with Crippen LogP contribution in [-0.4, -0.2) is 30.8 Å². The Balaban J connectivity index is 2.19. The number of hydrogen-bond donors (Lipinski definition) is 1. The molecule has 6 nitrogen and oxygen atoms in total. The maximum absolute atomic E-state index is 11.4. The molecule has 2 aromatic carbocycles. The van der Waals surface area contributed by atoms with Crippen molar-refractivity contribution in [3.63, 3.8) is 0 Å². The third kappa shape index (κ3) is 6.89. The maximum atomic E-state index is 11.4. The van der Waals surface area contributed by atoms with Crippen LogP contribution in [0, 0.1) is 0 Å². The third-order valence-corrected chi connectivity index (χ3v) is 5.07. The number of carbonyl (C=O) groups is 2. The van der Waals surface area contributed by atoms with Gasteiger partial charge in [-0.25, -0.2) is 0 Å². The fourth-order valence-electron chi connectivity index (χ4n) is 3.15. The average Bonchev–Trinajstić information content (AvgIpc) is 2.76. The van der Waals surface area contributed by atoms with Crippen molar-refractivity contribution in [3.05, 3.63) is 52.0 Å². The highest BCUT2D eigenvalue weighted by molar-refractivity contribution is 6.32. The number of esters is 1. The van der Waals surface area contributed by atoms with Crippen molar-refractivity contribution in [2.24, 2.45) is 0 Å². The molecular formula is C24H29ClO6. The van der Waals surface area contributed by atoms with Crippen LogP contribution < -0.4 is 9.47 Å². The standard InChI is InChI=1S/C24H29ClO6/c1-4-7-18-20(12-10-17(24(18)28)8-6-13-26)30-23(5-2)31-21-11-9-16(14-19(21)25)15-22(27)29-3/h9-14,23,28H,4-8,15H2,1-3H3. The van der Waals surface area contributed by atoms with Crippen molar-refractivity contribution in [2.75, 3.05) is 7.11 Å². The zero-order valence-electron chi connectivity index (χ0n) is 18.2. The van der Waals surface area contributed by atoms with Gasteiger partial charge < -0.3 is 24.1 Å². The van der Waals surface area contributed by atoms with Crippen LogP contribution in [0.2, 0.25) is 5.02 Å². The summed E-state index contributed by atoms with van der Waals surface area (Å²) < 4.78 is 16.7. The highest BCUT2D eigenvalue weighted by atomic mass is 35.5. The molecule has 0 fully saturated rings. The molecule has 168 valence electrons. The molecular weight excluding hydrogens is 420 g/mol. The summed E-state index contributed by atoms with van der Waals surface area (Å²) >= 11 is 6.33. The molecule has 0 spiro atoms. The zero-order valence-corrected chi connectivity index (χ0v) is 18.9. The van der Waals surface area contributed by atoms with E-state index in [2.05, 4.69) is 4.74 Å². The number of aromatic hydroxyl groups is 1. The van der Waals surface area contributed by atoms with Crippen molar-refractivity contribution >= 4 is 23.9 Å². The molecule has 1 atom stereocenters. The van der Waals surface area contributed by atoms with Crippen LogP contribution in [0.5, 0.6) is 17.2 Å². The minimum atomic E-state index is -0.625. The summed E-state index contributed by atoms with van der Waals surface area (Å²) in [5, 5.41) is 11.0. The van der Waals surface area contributed by atoms with Crippen molar-refractivity contribution in [3.8, 4) is 17.2 Å². The minimum absolute atomic E-state index is 0.125. The van der Waals surface area contributed by atoms with Gasteiger partial charge >= 0.3 is 5.97 Å². The summed E-state index contributed by atoms with van der Waals surface area (Å²) in [5.41, 5.74) is 2.15. The first-order valence-electron chi connectivity index (χ1n) is 10.4. The Morgan fingerprint density at radius 2 is 1.84 bits per heavy atom. The topological polar surface area (TPSA) is 82.1 Å². The van der Waals surface area contributed by atoms with E-state index in [0.29, 0.717) is 47.8 Å². The van der Waals surface area contributed by atoms with E-state index >= 15 is 0 Å². The highest BCUT2D eigenvalue weighted by Crippen LogP contribution is 2.35. The molecule has 7 heteroatoms. The number of rotatable bonds is 12. The number of phenols is 1. The third-order valence-electron chi connectivity index (χ3n) is 4.78. The molecule has 2 rings (SSSR count). The fourth-order valence-corrected chi connectivity index (χ4v) is 3.39. The second-order valence-electron chi connectivity index (χ2n) is 7.10. The van der Waals surface area contributed by atoms with Gasteiger partial charge in [0.25, 0.3) is 0 Å². The van der Waals surface area contributed by atoms with Gasteiger partial charge in [0, 0.05) is 18.4 Å². The summed E-state index contributed by atoms with van der Waals surface area (Å²) in [6.45, 7) is 3.94. The van der Waals surface area contributed by atoms with E-state index in [0.717, 1.165) is 23.8 Å². The van der Waals surface area contributed by atoms with Crippen LogP contribution in [0.3, 0.4) is 0 Å². The monoisotopic (exact) mass is 448 g/mol. The van der Waals surface area contributed by atoms with E-state index < -0.39 is 6.29 Å². The summed E-state index contributed by atoms with van der Waals surface area (Å²) in [5.74, 6) is 0.797. The number of benzene rings is 2. The molecule has 0 aliphatic rings. The van der Waals surface area contributed by atoms with E-state index in [4.69, 9.17) is 21.1 Å². The lowest BCUT2D eigenvalue weighted by atomic mass is 10.0. The molecule has 0 aliphatic carbocycles. The molecule has 0 radical (unpaired) electrons. The predicted octanol–water partition coefficient (Wildman–Crippen LogP) is 5.04. The normalized spacial score (nSPS) is 11.6. The van der Waals surface area contributed by atoms with Crippen LogP contribution in [0.1, 0.15) is 49.8 Å². The lowest BCUT2D eigenvalue weighted by molar-refractivity contribution is -0.139. The number of methoxy groups -OCH3 is 1. The van der Waals surface area contributed by atoms with Crippen molar-refractivity contribution < 1.29 is 28.9 Å². The van der Waals surface area contributed by atoms with Gasteiger partial charge in [0.2, 0.25) is 6.29 Å². The number of aryl methyl sites for hydroxylation is 1. The lowest BCUT2D eigenvalue weighted by Crippen LogP contribution is -2.23. The van der Waals surface area contributed by atoms with Gasteiger partial charge in [-0.1, -0.05) is 44.0 Å². The number of ether oxygens (including phenoxy) is 3. The molecule has 2 aromatic rings. The number of hydrogen-bond acceptors (Lipinski definition) is 6. The molecule has 0 saturated heterocycles. The van der Waals surface area contributed by atoms with Crippen molar-refractivity contribution in [1.82, 2.24) is 0 Å². The van der Waals surface area contributed by atoms with Crippen LogP contribution in [-0.2, 0) is 33.6 Å². The fraction of sp³-hybridized carbons (Fsp3) is 0.417. The zero-order chi connectivity index (χ0) is 22.8. The van der Waals surface area contributed by atoms with Crippen LogP contribution in [0.15, 0.2) is 30.3 Å². The number of phenolic OH excluding ortho intramolecular Hbond substituents is 1. The van der Waals surface area contributed by atoms with Crippen molar-refractivity contribution in [2.45, 2.75) is 58.7 Å². The summed E-state index contributed by atoms with van der Waals surface area (Å²) in [7, 11) is 1.34. The Bertz CT molecular complexity index is 896. The van der Waals surface area contributed by atoms with Gasteiger partial charge in [-0.2, -0.15) is 0 Å². The summed E-state index contributed by atoms with van der Waals surface area (Å²) in [4.78, 5) is 22.1. The van der Waals surface area contributed by atoms with E-state index in [9.17, 15) is 14.7 Å². The maximum Gasteiger partial charge on any atom is 0.309 e. The SMILES string of the molecule is CCCc1c(OC(CC)Oc2ccc(CC(=O)OC)cc2Cl)ccc(CCC=O)c1O. The van der Waals surface area contributed by atoms with Gasteiger partial charge in [-0.3, -0.25) is 4.79 Å². The Kier molecular flexibility index (Phi) is 9.66. The van der Waals surface area contributed by atoms with Crippen molar-refractivity contribution in [1.29, 1.82) is 0 Å². The second-order valence-corrected chi connectivity index (χ2v) is 7.50. The summed E-state index contributed by atoms with van der Waals surface area (Å²) in [6, 6.07) is 8.68. The molecule has 1 unspecified atom stereocenters. The quantitative estimate of drug-likeness (QED) is 0.278. The number of halogens is 1. The van der Waals surface area contributed by atoms with E-state index in [1.54, 1.807) is 30.3 Å². The largest absolute Gasteiger partial charge is 0.507 e. The molecule has 0 amide bonds. The Hall–Kier alpha value is -2.73. The first-order chi connectivity index (χ1) is 14.9. The first kappa shape index (κ1) is 24.5. The lowest BCUT2D eigenvalue weighted by Gasteiger charge is -2.23. The second kappa shape index (κ2) is 12.2. The Labute approximate surface area is 188 Å².